The van der Waals surface area contributed by atoms with Crippen molar-refractivity contribution in [2.45, 2.75) is 78.1 Å². The minimum absolute atomic E-state index is 0.0191. The molecule has 3 saturated heterocycles. The van der Waals surface area contributed by atoms with E-state index in [1.54, 1.807) is 27.7 Å². The van der Waals surface area contributed by atoms with Crippen molar-refractivity contribution >= 4 is 53.2 Å². The highest BCUT2D eigenvalue weighted by Gasteiger charge is 2.64. The van der Waals surface area contributed by atoms with E-state index in [-0.39, 0.29) is 5.75 Å². The third-order valence-corrected chi connectivity index (χ3v) is 10.2. The van der Waals surface area contributed by atoms with Crippen molar-refractivity contribution in [3.63, 3.8) is 0 Å². The van der Waals surface area contributed by atoms with Crippen LogP contribution in [0.15, 0.2) is 24.3 Å². The largest absolute Gasteiger partial charge is 0.508 e. The predicted molar refractivity (Wildman–Crippen MR) is 143 cm³/mol. The van der Waals surface area contributed by atoms with E-state index in [4.69, 9.17) is 5.73 Å². The number of hydrogen-bond donors (Lipinski definition) is 7. The summed E-state index contributed by atoms with van der Waals surface area (Å²) in [6, 6.07) is -0.0123. The van der Waals surface area contributed by atoms with Crippen molar-refractivity contribution in [2.24, 2.45) is 5.73 Å². The number of carboxylic acids is 2. The number of rotatable bonds is 8. The zero-order chi connectivity index (χ0) is 29.0. The number of carbonyl (C=O) groups excluding carboxylic acids is 3. The molecule has 39 heavy (non-hydrogen) atoms. The van der Waals surface area contributed by atoms with Crippen molar-refractivity contribution in [3.8, 4) is 5.75 Å². The van der Waals surface area contributed by atoms with E-state index in [9.17, 15) is 39.3 Å². The van der Waals surface area contributed by atoms with Crippen molar-refractivity contribution in [2.75, 3.05) is 0 Å². The van der Waals surface area contributed by atoms with Crippen LogP contribution in [-0.2, 0) is 24.0 Å². The van der Waals surface area contributed by atoms with Gasteiger partial charge in [0.15, 0.2) is 0 Å². The number of carboxylic acid groups (broad SMARTS) is 2. The first-order chi connectivity index (χ1) is 18.0. The summed E-state index contributed by atoms with van der Waals surface area (Å²) in [5.74, 6) is -4.33. The van der Waals surface area contributed by atoms with E-state index in [1.807, 2.05) is 0 Å². The van der Waals surface area contributed by atoms with Crippen molar-refractivity contribution < 1.29 is 39.3 Å². The fourth-order valence-electron chi connectivity index (χ4n) is 5.07. The highest BCUT2D eigenvalue weighted by molar-refractivity contribution is 8.02. The Balaban J connectivity index is 1.55. The topological polar surface area (TPSA) is 211 Å². The van der Waals surface area contributed by atoms with Gasteiger partial charge in [-0.15, -0.1) is 23.5 Å². The van der Waals surface area contributed by atoms with Gasteiger partial charge in [0.05, 0.1) is 5.37 Å². The average molecular weight is 582 g/mol. The van der Waals surface area contributed by atoms with Gasteiger partial charge in [0.2, 0.25) is 17.7 Å². The normalized spacial score (nSPS) is 30.0. The van der Waals surface area contributed by atoms with Crippen LogP contribution in [0.4, 0.5) is 0 Å². The summed E-state index contributed by atoms with van der Waals surface area (Å²) < 4.78 is -1.64. The van der Waals surface area contributed by atoms with Gasteiger partial charge in [-0.25, -0.2) is 4.79 Å². The number of carbonyl (C=O) groups is 5. The number of nitrogens with zero attached hydrogens (tertiary/aromatic N) is 1. The molecule has 3 amide bonds. The molecule has 1 aromatic carbocycles. The van der Waals surface area contributed by atoms with Crippen molar-refractivity contribution in [1.29, 1.82) is 0 Å². The van der Waals surface area contributed by atoms with Gasteiger partial charge in [0.1, 0.15) is 41.3 Å². The highest BCUT2D eigenvalue weighted by atomic mass is 32.2. The molecule has 0 aliphatic carbocycles. The second kappa shape index (κ2) is 10.2. The number of phenolic OH excluding ortho intramolecular Hbond substituents is 1. The van der Waals surface area contributed by atoms with Crippen LogP contribution in [0.1, 0.15) is 39.3 Å². The number of nitrogens with one attached hydrogen (secondary N) is 3. The molecule has 7 atom stereocenters. The zero-order valence-corrected chi connectivity index (χ0v) is 23.2. The van der Waals surface area contributed by atoms with Crippen molar-refractivity contribution in [3.05, 3.63) is 29.8 Å². The lowest BCUT2D eigenvalue weighted by Gasteiger charge is -2.44. The van der Waals surface area contributed by atoms with Gasteiger partial charge < -0.3 is 36.6 Å². The molecular weight excluding hydrogens is 550 g/mol. The van der Waals surface area contributed by atoms with Gasteiger partial charge in [0, 0.05) is 9.49 Å². The molecule has 3 aliphatic heterocycles. The Kier molecular flexibility index (Phi) is 7.57. The Morgan fingerprint density at radius 3 is 2.15 bits per heavy atom. The fraction of sp³-hybridized carbons (Fsp3) is 0.542. The van der Waals surface area contributed by atoms with Gasteiger partial charge in [-0.3, -0.25) is 24.5 Å². The van der Waals surface area contributed by atoms with Crippen LogP contribution in [0.2, 0.25) is 0 Å². The highest BCUT2D eigenvalue weighted by Crippen LogP contribution is 2.51. The number of nitrogens with two attached hydrogens (primary N) is 1. The number of hydrogen-bond acceptors (Lipinski definition) is 10. The number of β-lactam (4-membered cyclic amide) rings is 1. The zero-order valence-electron chi connectivity index (χ0n) is 21.6. The molecule has 1 aromatic rings. The van der Waals surface area contributed by atoms with Crippen LogP contribution in [0.3, 0.4) is 0 Å². The Bertz CT molecular complexity index is 1210. The number of aliphatic carboxylic acids is 2. The second-order valence-electron chi connectivity index (χ2n) is 10.7. The lowest BCUT2D eigenvalue weighted by atomic mass is 9.96. The number of benzene rings is 1. The monoisotopic (exact) mass is 581 g/mol. The molecule has 3 heterocycles. The lowest BCUT2D eigenvalue weighted by Crippen LogP contribution is -2.72. The van der Waals surface area contributed by atoms with Gasteiger partial charge in [-0.1, -0.05) is 12.1 Å². The third kappa shape index (κ3) is 5.27. The van der Waals surface area contributed by atoms with E-state index in [0.717, 1.165) is 11.8 Å². The molecule has 0 aromatic heterocycles. The summed E-state index contributed by atoms with van der Waals surface area (Å²) in [4.78, 5) is 64.5. The second-order valence-corrected chi connectivity index (χ2v) is 14.3. The van der Waals surface area contributed by atoms with Gasteiger partial charge in [-0.05, 0) is 45.4 Å². The van der Waals surface area contributed by atoms with Crippen LogP contribution in [0.25, 0.3) is 0 Å². The molecule has 15 heteroatoms. The number of thioether (sulfide) groups is 2. The fourth-order valence-corrected chi connectivity index (χ4v) is 8.19. The minimum atomic E-state index is -1.33. The first kappa shape index (κ1) is 29.0. The molecule has 4 rings (SSSR count). The van der Waals surface area contributed by atoms with Gasteiger partial charge >= 0.3 is 11.9 Å². The molecule has 8 N–H and O–H groups in total. The Morgan fingerprint density at radius 2 is 1.62 bits per heavy atom. The molecule has 0 bridgehead atoms. The lowest BCUT2D eigenvalue weighted by molar-refractivity contribution is -0.161. The molecule has 3 aliphatic rings. The smallest absolute Gasteiger partial charge is 0.327 e. The molecule has 3 fully saturated rings. The number of fused-ring (bicyclic) bond motifs is 1. The maximum Gasteiger partial charge on any atom is 0.327 e. The third-order valence-electron chi connectivity index (χ3n) is 7.09. The van der Waals surface area contributed by atoms with Crippen LogP contribution < -0.4 is 21.7 Å². The number of aromatic hydroxyl groups is 1. The van der Waals surface area contributed by atoms with E-state index < -0.39 is 80.1 Å². The Morgan fingerprint density at radius 1 is 1.00 bits per heavy atom. The van der Waals surface area contributed by atoms with Gasteiger partial charge in [0.25, 0.3) is 0 Å². The maximum atomic E-state index is 13.6. The molecule has 0 unspecified atom stereocenters. The van der Waals surface area contributed by atoms with E-state index in [1.165, 1.54) is 40.9 Å². The summed E-state index contributed by atoms with van der Waals surface area (Å²) in [5.41, 5.74) is 6.47. The quantitative estimate of drug-likeness (QED) is 0.192. The van der Waals surface area contributed by atoms with Gasteiger partial charge in [-0.2, -0.15) is 0 Å². The summed E-state index contributed by atoms with van der Waals surface area (Å²) in [5, 5.41) is 35.5. The average Bonchev–Trinajstić information content (AvgIpc) is 3.30. The molecule has 0 radical (unpaired) electrons. The maximum absolute atomic E-state index is 13.6. The summed E-state index contributed by atoms with van der Waals surface area (Å²) >= 11 is 2.41. The molecule has 212 valence electrons. The van der Waals surface area contributed by atoms with E-state index in [2.05, 4.69) is 16.0 Å². The number of phenols is 1. The summed E-state index contributed by atoms with van der Waals surface area (Å²) in [6.45, 7) is 6.81. The molecule has 0 spiro atoms. The molecule has 13 nitrogen and oxygen atoms in total. The minimum Gasteiger partial charge on any atom is -0.508 e. The predicted octanol–water partition coefficient (Wildman–Crippen LogP) is -0.597. The first-order valence-electron chi connectivity index (χ1n) is 12.1. The SMILES string of the molecule is CC1(C)S[C@@H]2[C@H](NC(=O)[C@@H](NC(=O)[C@H](N)c3ccc(O)cc3)[C@@H]3N[C@@H](C(=O)O)C(C)(C)S3)C(=O)N2[C@H]1C(=O)O. The van der Waals surface area contributed by atoms with Crippen LogP contribution >= 0.6 is 23.5 Å². The molecular formula is C24H31N5O8S2. The standard InChI is InChI=1S/C24H31N5O8S2/c1-23(2)14(21(34)35)28-18(38-23)12(26-16(31)11(25)9-5-7-10(30)8-6-9)17(32)27-13-19(33)29-15(22(36)37)24(3,4)39-20(13)29/h5-8,11-15,18,20,28,30H,25H2,1-4H3,(H,26,31)(H,27,32)(H,34,35)(H,36,37)/t11-,12-,13-,14+,15+,18-,20-/m1/s1. The number of amides is 3. The molecule has 0 saturated carbocycles. The van der Waals surface area contributed by atoms with Crippen LogP contribution in [0, 0.1) is 0 Å². The van der Waals surface area contributed by atoms with Crippen LogP contribution in [-0.4, -0.2) is 94.3 Å². The summed E-state index contributed by atoms with van der Waals surface area (Å²) in [6.07, 6.45) is 0. The van der Waals surface area contributed by atoms with Crippen LogP contribution in [0.5, 0.6) is 5.75 Å². The Labute approximate surface area is 232 Å². The van der Waals surface area contributed by atoms with E-state index >= 15 is 0 Å². The van der Waals surface area contributed by atoms with Crippen molar-refractivity contribution in [1.82, 2.24) is 20.9 Å². The first-order valence-corrected chi connectivity index (χ1v) is 13.9. The van der Waals surface area contributed by atoms with E-state index in [0.29, 0.717) is 5.56 Å². The summed E-state index contributed by atoms with van der Waals surface area (Å²) in [7, 11) is 0. The Hall–Kier alpha value is -3.01.